The average molecular weight is 443 g/mol. The van der Waals surface area contributed by atoms with Gasteiger partial charge in [-0.1, -0.05) is 35.0 Å². The molecule has 1 saturated carbocycles. The fourth-order valence-electron chi connectivity index (χ4n) is 2.94. The summed E-state index contributed by atoms with van der Waals surface area (Å²) < 4.78 is 7.58. The molecule has 0 unspecified atom stereocenters. The van der Waals surface area contributed by atoms with E-state index >= 15 is 0 Å². The Bertz CT molecular complexity index is 883. The molecule has 3 heterocycles. The number of aromatic nitrogens is 4. The van der Waals surface area contributed by atoms with Crippen molar-refractivity contribution in [1.82, 2.24) is 19.7 Å². The summed E-state index contributed by atoms with van der Waals surface area (Å²) in [6.07, 6.45) is 3.70. The second-order valence-electron chi connectivity index (χ2n) is 6.71. The lowest BCUT2D eigenvalue weighted by atomic mass is 10.3. The van der Waals surface area contributed by atoms with Crippen molar-refractivity contribution in [2.24, 2.45) is 0 Å². The molecule has 4 rings (SSSR count). The van der Waals surface area contributed by atoms with Crippen LogP contribution in [0.15, 0.2) is 11.4 Å². The molecule has 1 amide bonds. The number of morpholine rings is 1. The van der Waals surface area contributed by atoms with Crippen LogP contribution in [0.25, 0.3) is 0 Å². The number of carbonyl (C=O) groups excluding carboxylic acids is 1. The largest absolute Gasteiger partial charge is 0.378 e. The number of anilines is 2. The Hall–Kier alpha value is -1.55. The number of nitrogens with zero attached hydrogens (tertiary/aromatic N) is 5. The highest BCUT2D eigenvalue weighted by atomic mass is 35.5. The topological polar surface area (TPSA) is 85.2 Å². The van der Waals surface area contributed by atoms with Crippen LogP contribution in [0.1, 0.15) is 24.4 Å². The van der Waals surface area contributed by atoms with E-state index in [0.29, 0.717) is 40.7 Å². The van der Waals surface area contributed by atoms with Gasteiger partial charge in [-0.3, -0.25) is 9.36 Å². The van der Waals surface area contributed by atoms with Crippen LogP contribution in [0.3, 0.4) is 0 Å². The van der Waals surface area contributed by atoms with Crippen LogP contribution >= 0.6 is 35.0 Å². The molecule has 2 aromatic rings. The maximum absolute atomic E-state index is 12.4. The van der Waals surface area contributed by atoms with Gasteiger partial charge in [-0.15, -0.1) is 10.2 Å². The Kier molecular flexibility index (Phi) is 5.96. The summed E-state index contributed by atoms with van der Waals surface area (Å²) in [7, 11) is 0. The number of amides is 1. The van der Waals surface area contributed by atoms with Crippen LogP contribution < -0.4 is 10.2 Å². The summed E-state index contributed by atoms with van der Waals surface area (Å²) in [6, 6.07) is 0.411. The van der Waals surface area contributed by atoms with Crippen LogP contribution in [-0.2, 0) is 9.53 Å². The highest BCUT2D eigenvalue weighted by Crippen LogP contribution is 2.41. The van der Waals surface area contributed by atoms with Gasteiger partial charge in [-0.2, -0.15) is 0 Å². The first-order valence-corrected chi connectivity index (χ1v) is 10.8. The first kappa shape index (κ1) is 19.8. The van der Waals surface area contributed by atoms with Crippen molar-refractivity contribution in [3.8, 4) is 0 Å². The quantitative estimate of drug-likeness (QED) is 0.687. The number of nitrogens with one attached hydrogen (secondary N) is 1. The molecule has 0 radical (unpaired) electrons. The number of hydrogen-bond donors (Lipinski definition) is 1. The van der Waals surface area contributed by atoms with E-state index in [1.165, 1.54) is 18.0 Å². The molecule has 2 aliphatic rings. The van der Waals surface area contributed by atoms with Crippen molar-refractivity contribution in [2.75, 3.05) is 42.3 Å². The first-order chi connectivity index (χ1) is 13.5. The first-order valence-electron chi connectivity index (χ1n) is 9.05. The zero-order chi connectivity index (χ0) is 19.7. The van der Waals surface area contributed by atoms with Gasteiger partial charge in [0, 0.05) is 25.3 Å². The van der Waals surface area contributed by atoms with E-state index in [-0.39, 0.29) is 11.7 Å². The molecule has 1 N–H and O–H groups in total. The third-order valence-corrected chi connectivity index (χ3v) is 6.43. The lowest BCUT2D eigenvalue weighted by Gasteiger charge is -2.27. The molecule has 0 spiro atoms. The Labute approximate surface area is 176 Å². The third kappa shape index (κ3) is 4.22. The zero-order valence-electron chi connectivity index (χ0n) is 15.3. The van der Waals surface area contributed by atoms with Crippen molar-refractivity contribution in [2.45, 2.75) is 31.0 Å². The fourth-order valence-corrected chi connectivity index (χ4v) is 4.13. The molecule has 0 aromatic carbocycles. The fraction of sp³-hybridized carbons (Fsp3) is 0.529. The molecule has 1 saturated heterocycles. The lowest BCUT2D eigenvalue weighted by molar-refractivity contribution is -0.113. The van der Waals surface area contributed by atoms with Gasteiger partial charge in [0.05, 0.1) is 29.0 Å². The summed E-state index contributed by atoms with van der Waals surface area (Å²) in [4.78, 5) is 18.7. The summed E-state index contributed by atoms with van der Waals surface area (Å²) in [5.74, 6) is 1.16. The highest BCUT2D eigenvalue weighted by molar-refractivity contribution is 7.99. The van der Waals surface area contributed by atoms with Gasteiger partial charge in [-0.25, -0.2) is 4.98 Å². The number of pyridine rings is 1. The molecule has 2 fully saturated rings. The minimum absolute atomic E-state index is 0.188. The van der Waals surface area contributed by atoms with Crippen molar-refractivity contribution in [1.29, 1.82) is 0 Å². The zero-order valence-corrected chi connectivity index (χ0v) is 17.6. The predicted molar refractivity (Wildman–Crippen MR) is 110 cm³/mol. The Morgan fingerprint density at radius 3 is 2.79 bits per heavy atom. The number of ether oxygens (including phenoxy) is 1. The van der Waals surface area contributed by atoms with Gasteiger partial charge in [0.2, 0.25) is 11.9 Å². The molecule has 1 aliphatic carbocycles. The molecular formula is C17H20Cl2N6O2S. The van der Waals surface area contributed by atoms with Crippen molar-refractivity contribution >= 4 is 52.6 Å². The molecule has 11 heteroatoms. The van der Waals surface area contributed by atoms with Gasteiger partial charge in [-0.05, 0) is 25.3 Å². The van der Waals surface area contributed by atoms with Crippen LogP contribution in [0.2, 0.25) is 10.0 Å². The summed E-state index contributed by atoms with van der Waals surface area (Å²) in [5, 5.41) is 13.0. The number of halogens is 2. The van der Waals surface area contributed by atoms with E-state index in [2.05, 4.69) is 30.0 Å². The van der Waals surface area contributed by atoms with Crippen LogP contribution in [0.4, 0.5) is 11.8 Å². The number of thioether (sulfide) groups is 1. The molecule has 2 aromatic heterocycles. The molecular weight excluding hydrogens is 423 g/mol. The summed E-state index contributed by atoms with van der Waals surface area (Å²) in [5.41, 5.74) is 0.685. The van der Waals surface area contributed by atoms with Crippen LogP contribution in [-0.4, -0.2) is 57.7 Å². The van der Waals surface area contributed by atoms with Gasteiger partial charge in [0.1, 0.15) is 0 Å². The third-order valence-electron chi connectivity index (χ3n) is 4.65. The van der Waals surface area contributed by atoms with Gasteiger partial charge >= 0.3 is 0 Å². The molecule has 150 valence electrons. The van der Waals surface area contributed by atoms with Gasteiger partial charge in [0.15, 0.2) is 11.0 Å². The minimum atomic E-state index is -0.209. The molecule has 0 atom stereocenters. The minimum Gasteiger partial charge on any atom is -0.378 e. The van der Waals surface area contributed by atoms with Crippen molar-refractivity contribution in [3.05, 3.63) is 21.8 Å². The highest BCUT2D eigenvalue weighted by Gasteiger charge is 2.32. The maximum Gasteiger partial charge on any atom is 0.236 e. The second-order valence-corrected chi connectivity index (χ2v) is 8.44. The Balaban J connectivity index is 1.43. The second kappa shape index (κ2) is 8.44. The summed E-state index contributed by atoms with van der Waals surface area (Å²) >= 11 is 13.6. The smallest absolute Gasteiger partial charge is 0.236 e. The van der Waals surface area contributed by atoms with E-state index < -0.39 is 0 Å². The molecule has 8 nitrogen and oxygen atoms in total. The van der Waals surface area contributed by atoms with Crippen LogP contribution in [0, 0.1) is 6.92 Å². The van der Waals surface area contributed by atoms with E-state index in [9.17, 15) is 4.79 Å². The van der Waals surface area contributed by atoms with Gasteiger partial charge in [0.25, 0.3) is 0 Å². The molecule has 28 heavy (non-hydrogen) atoms. The Morgan fingerprint density at radius 1 is 1.32 bits per heavy atom. The average Bonchev–Trinajstić information content (AvgIpc) is 3.46. The molecule has 0 bridgehead atoms. The monoisotopic (exact) mass is 442 g/mol. The van der Waals surface area contributed by atoms with E-state index in [4.69, 9.17) is 27.9 Å². The normalized spacial score (nSPS) is 17.0. The number of rotatable bonds is 6. The molecule has 1 aliphatic heterocycles. The SMILES string of the molecule is Cc1c(Cl)cnc(NC(=O)CSc2nnc(N3CCOCC3)n2C2CC2)c1Cl. The van der Waals surface area contributed by atoms with Gasteiger partial charge < -0.3 is 15.0 Å². The van der Waals surface area contributed by atoms with E-state index in [0.717, 1.165) is 37.0 Å². The number of hydrogen-bond acceptors (Lipinski definition) is 7. The standard InChI is InChI=1S/C17H20Cl2N6O2S/c1-10-12(18)8-20-15(14(10)19)21-13(26)9-28-17-23-22-16(25(17)11-2-3-11)24-4-6-27-7-5-24/h8,11H,2-7,9H2,1H3,(H,20,21,26). The van der Waals surface area contributed by atoms with Crippen molar-refractivity contribution in [3.63, 3.8) is 0 Å². The van der Waals surface area contributed by atoms with Crippen LogP contribution in [0.5, 0.6) is 0 Å². The maximum atomic E-state index is 12.4. The van der Waals surface area contributed by atoms with E-state index in [1.807, 2.05) is 0 Å². The Morgan fingerprint density at radius 2 is 2.07 bits per heavy atom. The van der Waals surface area contributed by atoms with Crippen molar-refractivity contribution < 1.29 is 9.53 Å². The summed E-state index contributed by atoms with van der Waals surface area (Å²) in [6.45, 7) is 4.77. The van der Waals surface area contributed by atoms with E-state index in [1.54, 1.807) is 6.92 Å². The predicted octanol–water partition coefficient (Wildman–Crippen LogP) is 3.19. The lowest BCUT2D eigenvalue weighted by Crippen LogP contribution is -2.38. The number of carbonyl (C=O) groups is 1.